The van der Waals surface area contributed by atoms with Crippen LogP contribution in [0.2, 0.25) is 0 Å². The number of para-hydroxylation sites is 1. The van der Waals surface area contributed by atoms with Crippen LogP contribution in [-0.2, 0) is 29.5 Å². The number of carbonyl (C=O) groups is 1. The monoisotopic (exact) mass is 473 g/mol. The summed E-state index contributed by atoms with van der Waals surface area (Å²) in [5, 5.41) is 7.01. The number of hydrogen-bond donors (Lipinski definition) is 1. The highest BCUT2D eigenvalue weighted by Crippen LogP contribution is 2.26. The molecule has 0 unspecified atom stereocenters. The average Bonchev–Trinajstić information content (AvgIpc) is 3.38. The van der Waals surface area contributed by atoms with E-state index in [1.54, 1.807) is 29.2 Å². The molecule has 0 aliphatic carbocycles. The summed E-state index contributed by atoms with van der Waals surface area (Å²) in [6.45, 7) is 1.18. The number of nitrogens with one attached hydrogen (secondary N) is 1. The lowest BCUT2D eigenvalue weighted by Gasteiger charge is -2.28. The third-order valence-corrected chi connectivity index (χ3v) is 7.74. The third kappa shape index (κ3) is 4.48. The number of rotatable bonds is 6. The van der Waals surface area contributed by atoms with Crippen LogP contribution in [0.1, 0.15) is 27.0 Å². The molecule has 1 amide bonds. The van der Waals surface area contributed by atoms with Gasteiger partial charge in [-0.05, 0) is 47.4 Å². The molecule has 8 nitrogen and oxygen atoms in total. The molecule has 1 aromatic heterocycles. The van der Waals surface area contributed by atoms with E-state index in [1.807, 2.05) is 42.5 Å². The van der Waals surface area contributed by atoms with Crippen molar-refractivity contribution >= 4 is 21.6 Å². The van der Waals surface area contributed by atoms with Crippen molar-refractivity contribution in [2.45, 2.75) is 24.4 Å². The Labute approximate surface area is 197 Å². The summed E-state index contributed by atoms with van der Waals surface area (Å²) < 4.78 is 29.8. The van der Waals surface area contributed by atoms with Crippen molar-refractivity contribution in [3.8, 4) is 0 Å². The normalized spacial score (nSPS) is 13.9. The van der Waals surface area contributed by atoms with Crippen LogP contribution >= 0.6 is 0 Å². The van der Waals surface area contributed by atoms with Crippen LogP contribution in [0.15, 0.2) is 90.3 Å². The molecule has 0 atom stereocenters. The number of carbonyl (C=O) groups excluding carboxylic acids is 1. The minimum Gasteiger partial charge on any atom is -0.322 e. The van der Waals surface area contributed by atoms with Crippen molar-refractivity contribution in [3.05, 3.63) is 108 Å². The van der Waals surface area contributed by atoms with E-state index in [0.29, 0.717) is 31.7 Å². The first-order valence-corrected chi connectivity index (χ1v) is 12.3. The number of aromatic nitrogens is 3. The number of benzene rings is 3. The Kier molecular flexibility index (Phi) is 5.95. The van der Waals surface area contributed by atoms with Crippen LogP contribution in [0.5, 0.6) is 0 Å². The second-order valence-electron chi connectivity index (χ2n) is 8.09. The summed E-state index contributed by atoms with van der Waals surface area (Å²) in [5.74, 6) is -0.382. The average molecular weight is 474 g/mol. The van der Waals surface area contributed by atoms with Crippen LogP contribution in [0.4, 0.5) is 5.69 Å². The summed E-state index contributed by atoms with van der Waals surface area (Å²) in [6.07, 6.45) is 3.72. The molecule has 0 saturated heterocycles. The summed E-state index contributed by atoms with van der Waals surface area (Å²) in [5.41, 5.74) is 3.94. The molecule has 1 N–H and O–H groups in total. The number of amides is 1. The highest BCUT2D eigenvalue weighted by atomic mass is 32.2. The van der Waals surface area contributed by atoms with Gasteiger partial charge in [0.05, 0.1) is 11.4 Å². The molecule has 2 heterocycles. The second kappa shape index (κ2) is 9.20. The van der Waals surface area contributed by atoms with Gasteiger partial charge in [-0.3, -0.25) is 4.79 Å². The molecule has 1 aliphatic rings. The highest BCUT2D eigenvalue weighted by molar-refractivity contribution is 7.89. The molecule has 9 heteroatoms. The highest BCUT2D eigenvalue weighted by Gasteiger charge is 2.28. The molecule has 4 aromatic rings. The van der Waals surface area contributed by atoms with E-state index in [1.165, 1.54) is 28.3 Å². The molecule has 0 saturated carbocycles. The summed E-state index contributed by atoms with van der Waals surface area (Å²) in [7, 11) is -3.74. The van der Waals surface area contributed by atoms with E-state index in [4.69, 9.17) is 0 Å². The molecule has 0 fully saturated rings. The fourth-order valence-corrected chi connectivity index (χ4v) is 5.55. The molecule has 1 aliphatic heterocycles. The first-order chi connectivity index (χ1) is 16.5. The Hall–Kier alpha value is -3.82. The zero-order valence-electron chi connectivity index (χ0n) is 18.3. The van der Waals surface area contributed by atoms with Crippen molar-refractivity contribution in [2.75, 3.05) is 11.9 Å². The van der Waals surface area contributed by atoms with Gasteiger partial charge in [-0.2, -0.15) is 9.40 Å². The van der Waals surface area contributed by atoms with E-state index in [9.17, 15) is 13.2 Å². The van der Waals surface area contributed by atoms with Crippen LogP contribution in [0.25, 0.3) is 0 Å². The number of nitrogens with zero attached hydrogens (tertiary/aromatic N) is 4. The molecular weight excluding hydrogens is 450 g/mol. The molecule has 0 spiro atoms. The first kappa shape index (κ1) is 22.0. The van der Waals surface area contributed by atoms with Gasteiger partial charge in [-0.1, -0.05) is 48.5 Å². The number of anilines is 1. The predicted molar refractivity (Wildman–Crippen MR) is 128 cm³/mol. The van der Waals surface area contributed by atoms with Crippen LogP contribution in [-0.4, -0.2) is 39.9 Å². The van der Waals surface area contributed by atoms with Crippen LogP contribution in [0, 0.1) is 0 Å². The molecular formula is C25H23N5O3S. The molecule has 5 rings (SSSR count). The Balaban J connectivity index is 1.36. The van der Waals surface area contributed by atoms with Crippen molar-refractivity contribution in [3.63, 3.8) is 0 Å². The van der Waals surface area contributed by atoms with Gasteiger partial charge < -0.3 is 5.32 Å². The lowest BCUT2D eigenvalue weighted by molar-refractivity contribution is 0.102. The molecule has 172 valence electrons. The standard InChI is InChI=1S/C25H23N5O3S/c31-25(28-24-11-4-3-8-22(24)15-29-18-26-17-27-29)20-9-5-10-23(14-20)34(32,33)30-13-12-19-6-1-2-7-21(19)16-30/h1-11,14,17-18H,12-13,15-16H2,(H,28,31). The van der Waals surface area contributed by atoms with E-state index in [-0.39, 0.29) is 16.4 Å². The van der Waals surface area contributed by atoms with E-state index in [0.717, 1.165) is 11.1 Å². The fourth-order valence-electron chi connectivity index (χ4n) is 4.09. The van der Waals surface area contributed by atoms with Crippen molar-refractivity contribution in [1.82, 2.24) is 19.1 Å². The van der Waals surface area contributed by atoms with E-state index in [2.05, 4.69) is 15.4 Å². The van der Waals surface area contributed by atoms with Gasteiger partial charge >= 0.3 is 0 Å². The fraction of sp³-hybridized carbons (Fsp3) is 0.160. The zero-order chi connectivity index (χ0) is 23.5. The van der Waals surface area contributed by atoms with Crippen molar-refractivity contribution in [1.29, 1.82) is 0 Å². The van der Waals surface area contributed by atoms with Gasteiger partial charge in [-0.15, -0.1) is 0 Å². The SMILES string of the molecule is O=C(Nc1ccccc1Cn1cncn1)c1cccc(S(=O)(=O)N2CCc3ccccc3C2)c1. The molecule has 0 bridgehead atoms. The van der Waals surface area contributed by atoms with Gasteiger partial charge in [0.1, 0.15) is 12.7 Å². The van der Waals surface area contributed by atoms with Crippen LogP contribution in [0.3, 0.4) is 0 Å². The van der Waals surface area contributed by atoms with E-state index < -0.39 is 10.0 Å². The quantitative estimate of drug-likeness (QED) is 0.463. The van der Waals surface area contributed by atoms with E-state index >= 15 is 0 Å². The Morgan fingerprint density at radius 2 is 1.76 bits per heavy atom. The Bertz CT molecular complexity index is 1430. The smallest absolute Gasteiger partial charge is 0.255 e. The van der Waals surface area contributed by atoms with Gasteiger partial charge in [0.15, 0.2) is 0 Å². The molecule has 34 heavy (non-hydrogen) atoms. The third-order valence-electron chi connectivity index (χ3n) is 5.89. The largest absolute Gasteiger partial charge is 0.322 e. The lowest BCUT2D eigenvalue weighted by atomic mass is 10.0. The summed E-state index contributed by atoms with van der Waals surface area (Å²) in [6, 6.07) is 21.5. The summed E-state index contributed by atoms with van der Waals surface area (Å²) in [4.78, 5) is 17.1. The maximum atomic E-state index is 13.3. The minimum atomic E-state index is -3.74. The first-order valence-electron chi connectivity index (χ1n) is 10.9. The van der Waals surface area contributed by atoms with Crippen molar-refractivity contribution < 1.29 is 13.2 Å². The van der Waals surface area contributed by atoms with Gasteiger partial charge in [0, 0.05) is 24.3 Å². The second-order valence-corrected chi connectivity index (χ2v) is 10.0. The maximum absolute atomic E-state index is 13.3. The minimum absolute atomic E-state index is 0.107. The maximum Gasteiger partial charge on any atom is 0.255 e. The number of hydrogen-bond acceptors (Lipinski definition) is 5. The number of fused-ring (bicyclic) bond motifs is 1. The number of sulfonamides is 1. The van der Waals surface area contributed by atoms with Gasteiger partial charge in [0.25, 0.3) is 5.91 Å². The zero-order valence-corrected chi connectivity index (χ0v) is 19.1. The van der Waals surface area contributed by atoms with Crippen LogP contribution < -0.4 is 5.32 Å². The predicted octanol–water partition coefficient (Wildman–Crippen LogP) is 3.33. The molecule has 3 aromatic carbocycles. The van der Waals surface area contributed by atoms with Gasteiger partial charge in [-0.25, -0.2) is 18.1 Å². The lowest BCUT2D eigenvalue weighted by Crippen LogP contribution is -2.36. The van der Waals surface area contributed by atoms with Gasteiger partial charge in [0.2, 0.25) is 10.0 Å². The summed E-state index contributed by atoms with van der Waals surface area (Å²) >= 11 is 0. The Morgan fingerprint density at radius 3 is 2.59 bits per heavy atom. The Morgan fingerprint density at radius 1 is 0.971 bits per heavy atom. The molecule has 0 radical (unpaired) electrons. The van der Waals surface area contributed by atoms with Crippen molar-refractivity contribution in [2.24, 2.45) is 0 Å². The topological polar surface area (TPSA) is 97.2 Å².